The van der Waals surface area contributed by atoms with Crippen LogP contribution in [0.4, 0.5) is 0 Å². The zero-order valence-electron chi connectivity index (χ0n) is 24.1. The van der Waals surface area contributed by atoms with Gasteiger partial charge in [-0.3, -0.25) is 4.79 Å². The highest BCUT2D eigenvalue weighted by molar-refractivity contribution is 5.76. The number of unbranched alkanes of at least 4 members (excludes halogenated alkanes) is 21. The molecule has 0 aliphatic rings. The van der Waals surface area contributed by atoms with Crippen molar-refractivity contribution < 1.29 is 4.79 Å². The minimum atomic E-state index is 0.272. The van der Waals surface area contributed by atoms with Crippen LogP contribution in [-0.4, -0.2) is 11.9 Å². The third-order valence-electron chi connectivity index (χ3n) is 7.40. The van der Waals surface area contributed by atoms with Crippen LogP contribution in [0.25, 0.3) is 0 Å². The molecule has 0 aliphatic heterocycles. The van der Waals surface area contributed by atoms with E-state index in [9.17, 15) is 4.79 Å². The lowest BCUT2D eigenvalue weighted by atomic mass is 9.99. The first-order valence-corrected chi connectivity index (χ1v) is 16.0. The lowest BCUT2D eigenvalue weighted by Crippen LogP contribution is -2.34. The summed E-state index contributed by atoms with van der Waals surface area (Å²) < 4.78 is 0. The third-order valence-corrected chi connectivity index (χ3v) is 7.40. The van der Waals surface area contributed by atoms with Gasteiger partial charge < -0.3 is 5.32 Å². The number of hydrogen-bond donors (Lipinski definition) is 1. The normalized spacial score (nSPS) is 12.2. The Hall–Kier alpha value is -0.530. The van der Waals surface area contributed by atoms with Crippen molar-refractivity contribution in [1.29, 1.82) is 0 Å². The van der Waals surface area contributed by atoms with Crippen LogP contribution in [0.5, 0.6) is 0 Å². The standard InChI is InChI=1S/C32H65NO/c1-4-7-9-11-13-15-16-17-18-19-21-23-25-27-30-31(33-32(34)28-6-3)29-26-24-22-20-14-12-10-8-5-2/h31H,4-30H2,1-3H3,(H,33,34). The predicted molar refractivity (Wildman–Crippen MR) is 154 cm³/mol. The summed E-state index contributed by atoms with van der Waals surface area (Å²) in [7, 11) is 0. The minimum absolute atomic E-state index is 0.272. The highest BCUT2D eigenvalue weighted by Crippen LogP contribution is 2.16. The van der Waals surface area contributed by atoms with E-state index in [4.69, 9.17) is 0 Å². The molecule has 0 rings (SSSR count). The first-order chi connectivity index (χ1) is 16.7. The van der Waals surface area contributed by atoms with Crippen LogP contribution >= 0.6 is 0 Å². The average Bonchev–Trinajstić information content (AvgIpc) is 2.83. The van der Waals surface area contributed by atoms with Crippen LogP contribution < -0.4 is 5.32 Å². The van der Waals surface area contributed by atoms with E-state index in [-0.39, 0.29) is 5.91 Å². The molecule has 0 aromatic carbocycles. The molecule has 0 aromatic heterocycles. The molecule has 0 spiro atoms. The van der Waals surface area contributed by atoms with E-state index in [1.165, 1.54) is 161 Å². The molecule has 0 heterocycles. The molecule has 1 N–H and O–H groups in total. The fourth-order valence-electron chi connectivity index (χ4n) is 5.10. The number of carbonyl (C=O) groups excluding carboxylic acids is 1. The smallest absolute Gasteiger partial charge is 0.220 e. The van der Waals surface area contributed by atoms with Crippen LogP contribution in [0.2, 0.25) is 0 Å². The molecule has 0 saturated heterocycles. The maximum Gasteiger partial charge on any atom is 0.220 e. The van der Waals surface area contributed by atoms with Gasteiger partial charge in [-0.15, -0.1) is 0 Å². The number of amides is 1. The first kappa shape index (κ1) is 33.5. The summed E-state index contributed by atoms with van der Waals surface area (Å²) in [6.45, 7) is 6.68. The Kier molecular flexibility index (Phi) is 28.3. The molecule has 1 atom stereocenters. The molecule has 0 fully saturated rings. The van der Waals surface area contributed by atoms with Crippen LogP contribution in [0.1, 0.15) is 194 Å². The van der Waals surface area contributed by atoms with Crippen molar-refractivity contribution in [3.05, 3.63) is 0 Å². The Morgan fingerprint density at radius 1 is 0.441 bits per heavy atom. The second-order valence-electron chi connectivity index (χ2n) is 11.0. The van der Waals surface area contributed by atoms with Gasteiger partial charge >= 0.3 is 0 Å². The largest absolute Gasteiger partial charge is 0.353 e. The predicted octanol–water partition coefficient (Wildman–Crippen LogP) is 11.1. The number of hydrogen-bond acceptors (Lipinski definition) is 1. The van der Waals surface area contributed by atoms with Crippen LogP contribution in [-0.2, 0) is 4.79 Å². The van der Waals surface area contributed by atoms with E-state index < -0.39 is 0 Å². The van der Waals surface area contributed by atoms with Gasteiger partial charge in [0.2, 0.25) is 5.91 Å². The topological polar surface area (TPSA) is 29.1 Å². The summed E-state index contributed by atoms with van der Waals surface area (Å²) in [6, 6.07) is 0.418. The van der Waals surface area contributed by atoms with Gasteiger partial charge in [-0.1, -0.05) is 168 Å². The maximum absolute atomic E-state index is 12.2. The van der Waals surface area contributed by atoms with E-state index in [1.807, 2.05) is 0 Å². The van der Waals surface area contributed by atoms with Crippen LogP contribution in [0.15, 0.2) is 0 Å². The van der Waals surface area contributed by atoms with Gasteiger partial charge in [-0.05, 0) is 19.3 Å². The van der Waals surface area contributed by atoms with E-state index in [1.54, 1.807) is 0 Å². The first-order valence-electron chi connectivity index (χ1n) is 16.0. The summed E-state index contributed by atoms with van der Waals surface area (Å²) in [5.41, 5.74) is 0. The van der Waals surface area contributed by atoms with Crippen molar-refractivity contribution in [1.82, 2.24) is 5.32 Å². The Morgan fingerprint density at radius 3 is 1.03 bits per heavy atom. The maximum atomic E-state index is 12.2. The van der Waals surface area contributed by atoms with E-state index in [0.29, 0.717) is 12.5 Å². The van der Waals surface area contributed by atoms with Gasteiger partial charge in [-0.25, -0.2) is 0 Å². The highest BCUT2D eigenvalue weighted by atomic mass is 16.1. The van der Waals surface area contributed by atoms with E-state index in [2.05, 4.69) is 26.1 Å². The van der Waals surface area contributed by atoms with E-state index >= 15 is 0 Å². The Balaban J connectivity index is 3.70. The van der Waals surface area contributed by atoms with Crippen molar-refractivity contribution in [2.24, 2.45) is 0 Å². The zero-order valence-corrected chi connectivity index (χ0v) is 24.1. The summed E-state index contributed by atoms with van der Waals surface area (Å²) in [5.74, 6) is 0.272. The molecule has 0 radical (unpaired) electrons. The molecular formula is C32H65NO. The fourth-order valence-corrected chi connectivity index (χ4v) is 5.10. The molecule has 2 heteroatoms. The second-order valence-corrected chi connectivity index (χ2v) is 11.0. The Labute approximate surface area is 216 Å². The van der Waals surface area contributed by atoms with Crippen molar-refractivity contribution in [3.8, 4) is 0 Å². The summed E-state index contributed by atoms with van der Waals surface area (Å²) in [4.78, 5) is 12.2. The lowest BCUT2D eigenvalue weighted by molar-refractivity contribution is -0.121. The van der Waals surface area contributed by atoms with Crippen molar-refractivity contribution >= 4 is 5.91 Å². The molecule has 0 bridgehead atoms. The monoisotopic (exact) mass is 480 g/mol. The van der Waals surface area contributed by atoms with Crippen LogP contribution in [0.3, 0.4) is 0 Å². The Morgan fingerprint density at radius 2 is 0.735 bits per heavy atom. The zero-order chi connectivity index (χ0) is 25.0. The second kappa shape index (κ2) is 28.7. The van der Waals surface area contributed by atoms with Gasteiger partial charge in [0.25, 0.3) is 0 Å². The lowest BCUT2D eigenvalue weighted by Gasteiger charge is -2.19. The Bertz CT molecular complexity index is 394. The molecule has 0 saturated carbocycles. The highest BCUT2D eigenvalue weighted by Gasteiger charge is 2.11. The van der Waals surface area contributed by atoms with Crippen LogP contribution in [0, 0.1) is 0 Å². The molecule has 2 nitrogen and oxygen atoms in total. The summed E-state index contributed by atoms with van der Waals surface area (Å²) in [5, 5.41) is 3.35. The van der Waals surface area contributed by atoms with Gasteiger partial charge in [0.1, 0.15) is 0 Å². The molecule has 1 amide bonds. The van der Waals surface area contributed by atoms with Crippen molar-refractivity contribution in [2.45, 2.75) is 200 Å². The molecule has 1 unspecified atom stereocenters. The molecule has 0 aliphatic carbocycles. The fraction of sp³-hybridized carbons (Fsp3) is 0.969. The van der Waals surface area contributed by atoms with Gasteiger partial charge in [0.05, 0.1) is 0 Å². The number of carbonyl (C=O) groups is 1. The van der Waals surface area contributed by atoms with Crippen molar-refractivity contribution in [2.75, 3.05) is 0 Å². The minimum Gasteiger partial charge on any atom is -0.353 e. The molecular weight excluding hydrogens is 414 g/mol. The molecule has 0 aromatic rings. The summed E-state index contributed by atoms with van der Waals surface area (Å²) >= 11 is 0. The van der Waals surface area contributed by atoms with Gasteiger partial charge in [0.15, 0.2) is 0 Å². The van der Waals surface area contributed by atoms with Crippen molar-refractivity contribution in [3.63, 3.8) is 0 Å². The number of rotatable bonds is 28. The number of nitrogens with one attached hydrogen (secondary N) is 1. The third kappa shape index (κ3) is 26.1. The van der Waals surface area contributed by atoms with Gasteiger partial charge in [-0.2, -0.15) is 0 Å². The SMILES string of the molecule is CCCCCCCCCCCCCCCCC(CCCCCCCCCCC)NC(=O)CCC. The molecule has 34 heavy (non-hydrogen) atoms. The quantitative estimate of drug-likeness (QED) is 0.111. The average molecular weight is 480 g/mol. The van der Waals surface area contributed by atoms with E-state index in [0.717, 1.165) is 6.42 Å². The summed E-state index contributed by atoms with van der Waals surface area (Å²) in [6.07, 6.45) is 36.1. The van der Waals surface area contributed by atoms with Gasteiger partial charge in [0, 0.05) is 12.5 Å². The molecule has 204 valence electrons.